The average Bonchev–Trinajstić information content (AvgIpc) is 3.04. The Morgan fingerprint density at radius 1 is 1.53 bits per heavy atom. The van der Waals surface area contributed by atoms with Crippen LogP contribution in [0.4, 0.5) is 0 Å². The Hall–Kier alpha value is -0.780. The second-order valence-corrected chi connectivity index (χ2v) is 3.89. The molecule has 0 spiro atoms. The minimum atomic E-state index is 0.0241. The summed E-state index contributed by atoms with van der Waals surface area (Å²) in [4.78, 5) is 0. The lowest BCUT2D eigenvalue weighted by molar-refractivity contribution is 0.102. The van der Waals surface area contributed by atoms with Gasteiger partial charge in [-0.3, -0.25) is 0 Å². The molecule has 1 heterocycles. The highest BCUT2D eigenvalue weighted by Crippen LogP contribution is 2.18. The van der Waals surface area contributed by atoms with E-state index in [9.17, 15) is 0 Å². The first-order valence-electron chi connectivity index (χ1n) is 5.59. The second kappa shape index (κ2) is 6.66. The number of allylic oxidation sites excluding steroid dienone is 1. The Balaban J connectivity index is 2.10. The molecule has 0 saturated carbocycles. The fraction of sp³-hybridized carbons (Fsp3) is 0.692. The van der Waals surface area contributed by atoms with Gasteiger partial charge in [0.25, 0.3) is 0 Å². The van der Waals surface area contributed by atoms with Gasteiger partial charge in [-0.15, -0.1) is 6.58 Å². The van der Waals surface area contributed by atoms with Gasteiger partial charge in [0, 0.05) is 12.5 Å². The van der Waals surface area contributed by atoms with E-state index in [4.69, 9.17) is 9.47 Å². The number of hydrogen-bond donors (Lipinski definition) is 0. The third-order valence-electron chi connectivity index (χ3n) is 2.35. The van der Waals surface area contributed by atoms with E-state index >= 15 is 0 Å². The van der Waals surface area contributed by atoms with Crippen molar-refractivity contribution >= 4 is 0 Å². The summed E-state index contributed by atoms with van der Waals surface area (Å²) < 4.78 is 10.7. The van der Waals surface area contributed by atoms with E-state index in [0.717, 1.165) is 26.1 Å². The first kappa shape index (κ1) is 12.3. The third-order valence-corrected chi connectivity index (χ3v) is 2.35. The van der Waals surface area contributed by atoms with Gasteiger partial charge in [0.2, 0.25) is 0 Å². The molecule has 1 aliphatic heterocycles. The van der Waals surface area contributed by atoms with Crippen LogP contribution in [0.25, 0.3) is 0 Å². The first-order valence-corrected chi connectivity index (χ1v) is 5.59. The Morgan fingerprint density at radius 2 is 2.27 bits per heavy atom. The van der Waals surface area contributed by atoms with Crippen LogP contribution in [-0.4, -0.2) is 25.4 Å². The van der Waals surface area contributed by atoms with Crippen LogP contribution in [0.5, 0.6) is 0 Å². The van der Waals surface area contributed by atoms with E-state index < -0.39 is 0 Å². The number of epoxide rings is 1. The molecule has 1 rings (SSSR count). The highest BCUT2D eigenvalue weighted by Gasteiger charge is 2.27. The molecule has 0 aromatic heterocycles. The summed E-state index contributed by atoms with van der Waals surface area (Å²) in [5.74, 6) is 6.60. The smallest absolute Gasteiger partial charge is 0.115 e. The minimum Gasteiger partial charge on any atom is -0.372 e. The van der Waals surface area contributed by atoms with E-state index in [1.54, 1.807) is 0 Å². The van der Waals surface area contributed by atoms with Crippen molar-refractivity contribution in [3.8, 4) is 11.8 Å². The second-order valence-electron chi connectivity index (χ2n) is 3.89. The molecule has 84 valence electrons. The van der Waals surface area contributed by atoms with Crippen LogP contribution >= 0.6 is 0 Å². The Bertz CT molecular complexity index is 245. The molecule has 0 aliphatic carbocycles. The largest absolute Gasteiger partial charge is 0.372 e. The molecule has 0 N–H and O–H groups in total. The minimum absolute atomic E-state index is 0.0241. The van der Waals surface area contributed by atoms with Crippen molar-refractivity contribution in [3.63, 3.8) is 0 Å². The molecule has 0 radical (unpaired) electrons. The zero-order chi connectivity index (χ0) is 11.1. The van der Waals surface area contributed by atoms with Crippen LogP contribution in [0.3, 0.4) is 0 Å². The zero-order valence-electron chi connectivity index (χ0n) is 9.66. The number of hydrogen-bond acceptors (Lipinski definition) is 2. The van der Waals surface area contributed by atoms with Crippen LogP contribution in [0.2, 0.25) is 0 Å². The molecular formula is C13H20O2. The van der Waals surface area contributed by atoms with Crippen LogP contribution in [0.15, 0.2) is 12.7 Å². The number of rotatable bonds is 6. The van der Waals surface area contributed by atoms with Crippen molar-refractivity contribution in [2.75, 3.05) is 13.2 Å². The van der Waals surface area contributed by atoms with E-state index in [1.165, 1.54) is 0 Å². The van der Waals surface area contributed by atoms with Gasteiger partial charge in [-0.2, -0.15) is 0 Å². The van der Waals surface area contributed by atoms with Crippen molar-refractivity contribution in [2.24, 2.45) is 5.92 Å². The summed E-state index contributed by atoms with van der Waals surface area (Å²) >= 11 is 0. The normalized spacial score (nSPS) is 22.4. The maximum atomic E-state index is 5.53. The van der Waals surface area contributed by atoms with Gasteiger partial charge in [-0.1, -0.05) is 17.9 Å². The highest BCUT2D eigenvalue weighted by molar-refractivity contribution is 5.09. The van der Waals surface area contributed by atoms with Crippen LogP contribution in [0, 0.1) is 17.8 Å². The molecule has 0 amide bonds. The first-order chi connectivity index (χ1) is 7.24. The van der Waals surface area contributed by atoms with Crippen molar-refractivity contribution in [1.29, 1.82) is 0 Å². The molecule has 2 heteroatoms. The standard InChI is InChI=1S/C13H20O2/c1-4-5-6-9-14-12(3)8-7-11(2)13-10-15-13/h4,11-13H,1,5-6,9-10H2,2-3H3/t11-,12?,13?/m0/s1. The maximum absolute atomic E-state index is 5.53. The molecule has 2 nitrogen and oxygen atoms in total. The lowest BCUT2D eigenvalue weighted by atomic mass is 10.1. The van der Waals surface area contributed by atoms with Gasteiger partial charge in [-0.05, 0) is 26.7 Å². The van der Waals surface area contributed by atoms with Crippen LogP contribution in [0.1, 0.15) is 26.7 Å². The van der Waals surface area contributed by atoms with Crippen molar-refractivity contribution in [3.05, 3.63) is 12.7 Å². The predicted octanol–water partition coefficient (Wildman–Crippen LogP) is 2.40. The quantitative estimate of drug-likeness (QED) is 0.289. The predicted molar refractivity (Wildman–Crippen MR) is 61.5 cm³/mol. The van der Waals surface area contributed by atoms with Crippen molar-refractivity contribution in [1.82, 2.24) is 0 Å². The van der Waals surface area contributed by atoms with Crippen LogP contribution < -0.4 is 0 Å². The monoisotopic (exact) mass is 208 g/mol. The lowest BCUT2D eigenvalue weighted by Crippen LogP contribution is -2.08. The molecule has 0 bridgehead atoms. The number of unbranched alkanes of at least 4 members (excludes halogenated alkanes) is 1. The van der Waals surface area contributed by atoms with Gasteiger partial charge >= 0.3 is 0 Å². The molecule has 1 fully saturated rings. The van der Waals surface area contributed by atoms with E-state index in [2.05, 4.69) is 25.3 Å². The van der Waals surface area contributed by atoms with E-state index in [-0.39, 0.29) is 6.10 Å². The van der Waals surface area contributed by atoms with Gasteiger partial charge < -0.3 is 9.47 Å². The zero-order valence-corrected chi connectivity index (χ0v) is 9.66. The SMILES string of the molecule is C=CCCCOC(C)C#C[C@H](C)C1CO1. The van der Waals surface area contributed by atoms with Gasteiger partial charge in [0.15, 0.2) is 0 Å². The summed E-state index contributed by atoms with van der Waals surface area (Å²) in [5, 5.41) is 0. The summed E-state index contributed by atoms with van der Waals surface area (Å²) in [6.45, 7) is 9.37. The molecule has 1 aliphatic rings. The lowest BCUT2D eigenvalue weighted by Gasteiger charge is -2.05. The Kier molecular flexibility index (Phi) is 5.45. The summed E-state index contributed by atoms with van der Waals surface area (Å²) in [5.41, 5.74) is 0. The third kappa shape index (κ3) is 5.61. The fourth-order valence-electron chi connectivity index (χ4n) is 1.22. The summed E-state index contributed by atoms with van der Waals surface area (Å²) in [6, 6.07) is 0. The maximum Gasteiger partial charge on any atom is 0.115 e. The van der Waals surface area contributed by atoms with E-state index in [1.807, 2.05) is 13.0 Å². The van der Waals surface area contributed by atoms with E-state index in [0.29, 0.717) is 12.0 Å². The Morgan fingerprint density at radius 3 is 2.87 bits per heavy atom. The fourth-order valence-corrected chi connectivity index (χ4v) is 1.22. The van der Waals surface area contributed by atoms with Gasteiger partial charge in [0.1, 0.15) is 6.10 Å². The topological polar surface area (TPSA) is 21.8 Å². The average molecular weight is 208 g/mol. The molecule has 0 aromatic rings. The highest BCUT2D eigenvalue weighted by atomic mass is 16.6. The van der Waals surface area contributed by atoms with Gasteiger partial charge in [0.05, 0.1) is 12.7 Å². The molecule has 1 saturated heterocycles. The molecule has 2 unspecified atom stereocenters. The van der Waals surface area contributed by atoms with Crippen LogP contribution in [-0.2, 0) is 9.47 Å². The van der Waals surface area contributed by atoms with Gasteiger partial charge in [-0.25, -0.2) is 0 Å². The van der Waals surface area contributed by atoms with Crippen molar-refractivity contribution in [2.45, 2.75) is 38.9 Å². The molecule has 3 atom stereocenters. The molecule has 0 aromatic carbocycles. The Labute approximate surface area is 92.6 Å². The summed E-state index contributed by atoms with van der Waals surface area (Å²) in [6.07, 6.45) is 4.33. The van der Waals surface area contributed by atoms with Crippen molar-refractivity contribution < 1.29 is 9.47 Å². The number of ether oxygens (including phenoxy) is 2. The molecule has 15 heavy (non-hydrogen) atoms. The molecular weight excluding hydrogens is 188 g/mol. The summed E-state index contributed by atoms with van der Waals surface area (Å²) in [7, 11) is 0.